The summed E-state index contributed by atoms with van der Waals surface area (Å²) in [5, 5.41) is 0. The first-order valence-corrected chi connectivity index (χ1v) is 5.37. The maximum atomic E-state index is 2.61. The first kappa shape index (κ1) is 12.9. The molecule has 0 aromatic rings. The smallest absolute Gasteiger partial charge is 0.0178 e. The molecule has 0 aromatic carbocycles. The molecule has 0 spiro atoms. The normalized spacial score (nSPS) is 35.5. The maximum absolute atomic E-state index is 2.61. The molecule has 0 saturated carbocycles. The van der Waals surface area contributed by atoms with Crippen molar-refractivity contribution in [3.05, 3.63) is 0 Å². The van der Waals surface area contributed by atoms with E-state index in [9.17, 15) is 0 Å². The minimum absolute atomic E-state index is 0. The van der Waals surface area contributed by atoms with Gasteiger partial charge in [0.2, 0.25) is 0 Å². The number of hydrogen-bond acceptors (Lipinski definition) is 1. The molecular weight excluding hydrogens is 162 g/mol. The van der Waals surface area contributed by atoms with Crippen molar-refractivity contribution in [3.8, 4) is 0 Å². The Kier molecular flexibility index (Phi) is 4.93. The van der Waals surface area contributed by atoms with E-state index in [1.807, 2.05) is 0 Å². The van der Waals surface area contributed by atoms with E-state index in [2.05, 4.69) is 32.7 Å². The molecule has 1 rings (SSSR count). The van der Waals surface area contributed by atoms with Crippen molar-refractivity contribution in [1.29, 1.82) is 0 Å². The number of piperidine rings is 1. The largest absolute Gasteiger partial charge is 0.412 e. The van der Waals surface area contributed by atoms with E-state index in [4.69, 9.17) is 0 Å². The van der Waals surface area contributed by atoms with E-state index in [0.717, 1.165) is 6.04 Å². The van der Waals surface area contributed by atoms with Crippen LogP contribution in [0.5, 0.6) is 0 Å². The fourth-order valence-corrected chi connectivity index (χ4v) is 2.43. The lowest BCUT2D eigenvalue weighted by atomic mass is 9.83. The molecule has 2 unspecified atom stereocenters. The number of hydrogen-bond donors (Lipinski definition) is 0. The lowest BCUT2D eigenvalue weighted by Crippen LogP contribution is -2.51. The zero-order valence-electron chi connectivity index (χ0n) is 9.56. The Balaban J connectivity index is 0.00000144. The summed E-state index contributed by atoms with van der Waals surface area (Å²) in [6, 6.07) is 0.837. The van der Waals surface area contributed by atoms with E-state index in [1.165, 1.54) is 32.1 Å². The minimum Gasteiger partial charge on any atom is -0.412 e. The van der Waals surface area contributed by atoms with Crippen molar-refractivity contribution in [1.82, 2.24) is 4.90 Å². The second kappa shape index (κ2) is 4.97. The number of likely N-dealkylation sites (tertiary alicyclic amines) is 1. The first-order valence-electron chi connectivity index (χ1n) is 5.37. The lowest BCUT2D eigenvalue weighted by Gasteiger charge is -2.47. The van der Waals surface area contributed by atoms with Crippen LogP contribution in [0.4, 0.5) is 0 Å². The first-order chi connectivity index (χ1) is 5.64. The van der Waals surface area contributed by atoms with Gasteiger partial charge >= 0.3 is 0 Å². The molecule has 0 radical (unpaired) electrons. The Morgan fingerprint density at radius 2 is 2.00 bits per heavy atom. The van der Waals surface area contributed by atoms with Crippen molar-refractivity contribution in [2.24, 2.45) is 0 Å². The van der Waals surface area contributed by atoms with E-state index >= 15 is 0 Å². The van der Waals surface area contributed by atoms with Crippen LogP contribution in [0.15, 0.2) is 0 Å². The molecule has 2 heteroatoms. The van der Waals surface area contributed by atoms with Crippen molar-refractivity contribution in [2.45, 2.75) is 64.5 Å². The Morgan fingerprint density at radius 3 is 2.46 bits per heavy atom. The van der Waals surface area contributed by atoms with E-state index in [0.29, 0.717) is 5.54 Å². The summed E-state index contributed by atoms with van der Waals surface area (Å²) in [7, 11) is 2.30. The van der Waals surface area contributed by atoms with Crippen LogP contribution >= 0.6 is 0 Å². The molecule has 0 amide bonds. The fraction of sp³-hybridized carbons (Fsp3) is 1.00. The Labute approximate surface area is 82.6 Å². The summed E-state index contributed by atoms with van der Waals surface area (Å²) in [6.07, 6.45) is 6.82. The van der Waals surface area contributed by atoms with Gasteiger partial charge in [-0.2, -0.15) is 0 Å². The second-order valence-electron chi connectivity index (χ2n) is 4.42. The van der Waals surface area contributed by atoms with Gasteiger partial charge in [-0.3, -0.25) is 4.90 Å². The van der Waals surface area contributed by atoms with Gasteiger partial charge in [-0.25, -0.2) is 0 Å². The summed E-state index contributed by atoms with van der Waals surface area (Å²) >= 11 is 0. The zero-order valence-corrected chi connectivity index (χ0v) is 9.56. The van der Waals surface area contributed by atoms with E-state index < -0.39 is 0 Å². The van der Waals surface area contributed by atoms with Crippen LogP contribution in [0.3, 0.4) is 0 Å². The molecule has 1 aliphatic heterocycles. The molecule has 1 saturated heterocycles. The summed E-state index contributed by atoms with van der Waals surface area (Å²) < 4.78 is 0. The van der Waals surface area contributed by atoms with Crippen LogP contribution in [0, 0.1) is 0 Å². The van der Waals surface area contributed by atoms with Crippen LogP contribution in [0.25, 0.3) is 0 Å². The summed E-state index contributed by atoms with van der Waals surface area (Å²) in [5.41, 5.74) is 0.485. The highest BCUT2D eigenvalue weighted by atomic mass is 16.0. The SMILES string of the molecule is CCC1CCCC(C)(CC)N1C.O. The monoisotopic (exact) mass is 187 g/mol. The lowest BCUT2D eigenvalue weighted by molar-refractivity contribution is 0.0321. The average molecular weight is 187 g/mol. The van der Waals surface area contributed by atoms with Gasteiger partial charge in [-0.1, -0.05) is 20.3 Å². The van der Waals surface area contributed by atoms with Crippen molar-refractivity contribution in [2.75, 3.05) is 7.05 Å². The third kappa shape index (κ3) is 2.44. The van der Waals surface area contributed by atoms with Gasteiger partial charge in [-0.15, -0.1) is 0 Å². The molecule has 0 aromatic heterocycles. The van der Waals surface area contributed by atoms with Crippen molar-refractivity contribution in [3.63, 3.8) is 0 Å². The molecule has 2 atom stereocenters. The van der Waals surface area contributed by atoms with Gasteiger partial charge in [0.15, 0.2) is 0 Å². The zero-order chi connectivity index (χ0) is 9.19. The average Bonchev–Trinajstić information content (AvgIpc) is 2.10. The summed E-state index contributed by atoms with van der Waals surface area (Å²) in [4.78, 5) is 2.61. The molecular formula is C11H25NO. The van der Waals surface area contributed by atoms with Crippen LogP contribution in [-0.2, 0) is 0 Å². The topological polar surface area (TPSA) is 34.7 Å². The molecule has 80 valence electrons. The highest BCUT2D eigenvalue weighted by molar-refractivity contribution is 4.91. The van der Waals surface area contributed by atoms with E-state index in [1.54, 1.807) is 0 Å². The number of rotatable bonds is 2. The summed E-state index contributed by atoms with van der Waals surface area (Å²) in [6.45, 7) is 7.03. The van der Waals surface area contributed by atoms with Gasteiger partial charge in [0.1, 0.15) is 0 Å². The van der Waals surface area contributed by atoms with Gasteiger partial charge in [0, 0.05) is 11.6 Å². The van der Waals surface area contributed by atoms with E-state index in [-0.39, 0.29) is 5.48 Å². The van der Waals surface area contributed by atoms with Crippen LogP contribution < -0.4 is 0 Å². The molecule has 0 bridgehead atoms. The highest BCUT2D eigenvalue weighted by Gasteiger charge is 2.34. The predicted octanol–water partition coefficient (Wildman–Crippen LogP) is 2.22. The molecule has 2 N–H and O–H groups in total. The second-order valence-corrected chi connectivity index (χ2v) is 4.42. The van der Waals surface area contributed by atoms with Gasteiger partial charge < -0.3 is 5.48 Å². The fourth-order valence-electron chi connectivity index (χ4n) is 2.43. The molecule has 1 fully saturated rings. The third-order valence-corrected chi connectivity index (χ3v) is 3.88. The van der Waals surface area contributed by atoms with Crippen LogP contribution in [0.2, 0.25) is 0 Å². The van der Waals surface area contributed by atoms with Gasteiger partial charge in [0.25, 0.3) is 0 Å². The van der Waals surface area contributed by atoms with Gasteiger partial charge in [0.05, 0.1) is 0 Å². The van der Waals surface area contributed by atoms with Crippen LogP contribution in [-0.4, -0.2) is 29.0 Å². The van der Waals surface area contributed by atoms with Crippen LogP contribution in [0.1, 0.15) is 52.9 Å². The minimum atomic E-state index is 0. The van der Waals surface area contributed by atoms with Gasteiger partial charge in [-0.05, 0) is 39.7 Å². The Hall–Kier alpha value is -0.0800. The Bertz CT molecular complexity index is 149. The van der Waals surface area contributed by atoms with Crippen molar-refractivity contribution < 1.29 is 5.48 Å². The van der Waals surface area contributed by atoms with Crippen molar-refractivity contribution >= 4 is 0 Å². The summed E-state index contributed by atoms with van der Waals surface area (Å²) in [5.74, 6) is 0. The molecule has 1 heterocycles. The molecule has 13 heavy (non-hydrogen) atoms. The molecule has 1 aliphatic rings. The standard InChI is InChI=1S/C11H23N.H2O/c1-5-10-8-7-9-11(3,6-2)12(10)4;/h10H,5-9H2,1-4H3;1H2. The molecule has 0 aliphatic carbocycles. The highest BCUT2D eigenvalue weighted by Crippen LogP contribution is 2.33. The third-order valence-electron chi connectivity index (χ3n) is 3.88. The predicted molar refractivity (Wildman–Crippen MR) is 58.0 cm³/mol. The molecule has 2 nitrogen and oxygen atoms in total. The Morgan fingerprint density at radius 1 is 1.38 bits per heavy atom. The maximum Gasteiger partial charge on any atom is 0.0178 e. The quantitative estimate of drug-likeness (QED) is 0.653. The number of nitrogens with zero attached hydrogens (tertiary/aromatic N) is 1.